The smallest absolute Gasteiger partial charge is 0.336 e. The van der Waals surface area contributed by atoms with Crippen LogP contribution in [-0.4, -0.2) is 34.0 Å². The van der Waals surface area contributed by atoms with E-state index >= 15 is 0 Å². The molecular formula is C30H28N4O5. The predicted molar refractivity (Wildman–Crippen MR) is 150 cm³/mol. The highest BCUT2D eigenvalue weighted by Gasteiger charge is 2.26. The van der Waals surface area contributed by atoms with Gasteiger partial charge in [-0.15, -0.1) is 0 Å². The Morgan fingerprint density at radius 3 is 2.54 bits per heavy atom. The zero-order chi connectivity index (χ0) is 27.5. The molecule has 2 heterocycles. The number of aryl methyl sites for hydroxylation is 1. The number of aromatic amines is 1. The van der Waals surface area contributed by atoms with E-state index in [0.717, 1.165) is 33.0 Å². The van der Waals surface area contributed by atoms with Crippen molar-refractivity contribution in [2.24, 2.45) is 5.73 Å². The molecule has 2 amide bonds. The second-order valence-corrected chi connectivity index (χ2v) is 9.55. The Morgan fingerprint density at radius 2 is 1.74 bits per heavy atom. The SMILES string of the molecule is Cc1cc(=O)oc2cc(NC(=O)[C@@H](Cc3c[nH]c4ccccc34)NC(=O)[C@@H](N)Cc3ccc(O)cc3)ccc12. The highest BCUT2D eigenvalue weighted by atomic mass is 16.4. The standard InChI is InChI=1S/C30H28N4O5/c1-17-12-28(36)39-27-15-20(8-11-22(17)27)33-30(38)26(14-19-16-32-25-5-3-2-4-23(19)25)34-29(37)24(31)13-18-6-9-21(35)10-7-18/h2-12,15-16,24,26,32,35H,13-14,31H2,1H3,(H,33,38)(H,34,37)/t24-,26+/m0/s1. The van der Waals surface area contributed by atoms with E-state index in [1.54, 1.807) is 30.3 Å². The Balaban J connectivity index is 1.38. The molecule has 0 unspecified atom stereocenters. The number of hydrogen-bond donors (Lipinski definition) is 5. The van der Waals surface area contributed by atoms with Gasteiger partial charge in [0.05, 0.1) is 6.04 Å². The molecule has 0 fully saturated rings. The van der Waals surface area contributed by atoms with E-state index in [9.17, 15) is 19.5 Å². The average molecular weight is 525 g/mol. The van der Waals surface area contributed by atoms with Gasteiger partial charge in [0.1, 0.15) is 17.4 Å². The van der Waals surface area contributed by atoms with Gasteiger partial charge in [-0.25, -0.2) is 4.79 Å². The monoisotopic (exact) mass is 524 g/mol. The van der Waals surface area contributed by atoms with Gasteiger partial charge in [0, 0.05) is 46.7 Å². The Kier molecular flexibility index (Phi) is 7.16. The maximum absolute atomic E-state index is 13.5. The molecule has 9 nitrogen and oxygen atoms in total. The van der Waals surface area contributed by atoms with Crippen LogP contribution in [0.2, 0.25) is 0 Å². The fraction of sp³-hybridized carbons (Fsp3) is 0.167. The van der Waals surface area contributed by atoms with Crippen LogP contribution in [0, 0.1) is 6.92 Å². The second-order valence-electron chi connectivity index (χ2n) is 9.55. The summed E-state index contributed by atoms with van der Waals surface area (Å²) in [6.45, 7) is 1.81. The van der Waals surface area contributed by atoms with Gasteiger partial charge in [-0.2, -0.15) is 0 Å². The third-order valence-electron chi connectivity index (χ3n) is 6.68. The van der Waals surface area contributed by atoms with Gasteiger partial charge in [0.15, 0.2) is 0 Å². The third kappa shape index (κ3) is 5.83. The van der Waals surface area contributed by atoms with E-state index in [1.165, 1.54) is 18.2 Å². The number of carbonyl (C=O) groups is 2. The molecule has 39 heavy (non-hydrogen) atoms. The number of fused-ring (bicyclic) bond motifs is 2. The summed E-state index contributed by atoms with van der Waals surface area (Å²) in [5.41, 5.74) is 9.82. The first-order chi connectivity index (χ1) is 18.8. The molecule has 3 aromatic carbocycles. The van der Waals surface area contributed by atoms with E-state index in [0.29, 0.717) is 11.3 Å². The summed E-state index contributed by atoms with van der Waals surface area (Å²) < 4.78 is 5.31. The second kappa shape index (κ2) is 10.8. The lowest BCUT2D eigenvalue weighted by atomic mass is 10.0. The van der Waals surface area contributed by atoms with Crippen molar-refractivity contribution in [2.75, 3.05) is 5.32 Å². The molecule has 0 saturated carbocycles. The number of aromatic nitrogens is 1. The number of hydrogen-bond acceptors (Lipinski definition) is 6. The molecule has 0 aliphatic rings. The maximum atomic E-state index is 13.5. The summed E-state index contributed by atoms with van der Waals surface area (Å²) in [7, 11) is 0. The van der Waals surface area contributed by atoms with Crippen molar-refractivity contribution >= 4 is 39.4 Å². The van der Waals surface area contributed by atoms with Crippen LogP contribution < -0.4 is 22.0 Å². The Hall–Kier alpha value is -4.89. The number of anilines is 1. The molecule has 0 aliphatic carbocycles. The first-order valence-electron chi connectivity index (χ1n) is 12.5. The van der Waals surface area contributed by atoms with Crippen LogP contribution in [0.3, 0.4) is 0 Å². The number of nitrogens with one attached hydrogen (secondary N) is 3. The summed E-state index contributed by atoms with van der Waals surface area (Å²) in [5, 5.41) is 16.9. The quantitative estimate of drug-likeness (QED) is 0.196. The molecule has 2 aromatic heterocycles. The van der Waals surface area contributed by atoms with Gasteiger partial charge in [0.2, 0.25) is 11.8 Å². The summed E-state index contributed by atoms with van der Waals surface area (Å²) in [6.07, 6.45) is 2.27. The number of para-hydroxylation sites is 1. The van der Waals surface area contributed by atoms with E-state index in [4.69, 9.17) is 10.2 Å². The molecule has 5 aromatic rings. The van der Waals surface area contributed by atoms with Crippen LogP contribution >= 0.6 is 0 Å². The maximum Gasteiger partial charge on any atom is 0.336 e. The van der Waals surface area contributed by atoms with Crippen molar-refractivity contribution in [3.8, 4) is 5.75 Å². The van der Waals surface area contributed by atoms with E-state index in [-0.39, 0.29) is 18.6 Å². The summed E-state index contributed by atoms with van der Waals surface area (Å²) >= 11 is 0. The fourth-order valence-electron chi connectivity index (χ4n) is 4.62. The Bertz CT molecular complexity index is 1720. The highest BCUT2D eigenvalue weighted by molar-refractivity contribution is 5.99. The highest BCUT2D eigenvalue weighted by Crippen LogP contribution is 2.22. The molecule has 2 atom stereocenters. The minimum absolute atomic E-state index is 0.121. The van der Waals surface area contributed by atoms with Crippen LogP contribution in [0.5, 0.6) is 5.75 Å². The zero-order valence-electron chi connectivity index (χ0n) is 21.2. The number of benzene rings is 3. The number of rotatable bonds is 8. The molecule has 198 valence electrons. The number of aromatic hydroxyl groups is 1. The molecule has 9 heteroatoms. The molecule has 6 N–H and O–H groups in total. The lowest BCUT2D eigenvalue weighted by Gasteiger charge is -2.21. The lowest BCUT2D eigenvalue weighted by Crippen LogP contribution is -2.51. The van der Waals surface area contributed by atoms with Gasteiger partial charge in [0.25, 0.3) is 0 Å². The number of phenolic OH excluding ortho intramolecular Hbond substituents is 1. The fourth-order valence-corrected chi connectivity index (χ4v) is 4.62. The molecular weight excluding hydrogens is 496 g/mol. The third-order valence-corrected chi connectivity index (χ3v) is 6.68. The van der Waals surface area contributed by atoms with Gasteiger partial charge < -0.3 is 30.9 Å². The number of amides is 2. The van der Waals surface area contributed by atoms with E-state index in [2.05, 4.69) is 15.6 Å². The molecule has 0 saturated heterocycles. The Morgan fingerprint density at radius 1 is 0.974 bits per heavy atom. The molecule has 0 bridgehead atoms. The van der Waals surface area contributed by atoms with Crippen molar-refractivity contribution in [1.82, 2.24) is 10.3 Å². The molecule has 0 radical (unpaired) electrons. The van der Waals surface area contributed by atoms with Crippen LogP contribution in [0.4, 0.5) is 5.69 Å². The summed E-state index contributed by atoms with van der Waals surface area (Å²) in [4.78, 5) is 41.6. The topological polar surface area (TPSA) is 150 Å². The first kappa shape index (κ1) is 25.7. The largest absolute Gasteiger partial charge is 0.508 e. The minimum atomic E-state index is -0.942. The van der Waals surface area contributed by atoms with E-state index in [1.807, 2.05) is 37.4 Å². The zero-order valence-corrected chi connectivity index (χ0v) is 21.2. The van der Waals surface area contributed by atoms with Crippen LogP contribution in [0.15, 0.2) is 88.2 Å². The van der Waals surface area contributed by atoms with Crippen molar-refractivity contribution in [2.45, 2.75) is 31.8 Å². The van der Waals surface area contributed by atoms with Crippen LogP contribution in [0.1, 0.15) is 16.7 Å². The average Bonchev–Trinajstić information content (AvgIpc) is 3.32. The van der Waals surface area contributed by atoms with Crippen molar-refractivity contribution in [1.29, 1.82) is 0 Å². The normalized spacial score (nSPS) is 12.8. The number of H-pyrrole nitrogens is 1. The van der Waals surface area contributed by atoms with E-state index < -0.39 is 29.5 Å². The lowest BCUT2D eigenvalue weighted by molar-refractivity contribution is -0.127. The van der Waals surface area contributed by atoms with Gasteiger partial charge in [-0.1, -0.05) is 30.3 Å². The van der Waals surface area contributed by atoms with Crippen molar-refractivity contribution in [3.63, 3.8) is 0 Å². The molecule has 0 spiro atoms. The van der Waals surface area contributed by atoms with Crippen LogP contribution in [-0.2, 0) is 22.4 Å². The Labute approximate surface area is 223 Å². The summed E-state index contributed by atoms with van der Waals surface area (Å²) in [5.74, 6) is -0.807. The minimum Gasteiger partial charge on any atom is -0.508 e. The van der Waals surface area contributed by atoms with Crippen molar-refractivity contribution in [3.05, 3.63) is 106 Å². The van der Waals surface area contributed by atoms with Gasteiger partial charge in [-0.3, -0.25) is 9.59 Å². The number of carbonyl (C=O) groups excluding carboxylic acids is 2. The van der Waals surface area contributed by atoms with Gasteiger partial charge in [-0.05, 0) is 60.4 Å². The number of nitrogens with two attached hydrogens (primary N) is 1. The predicted octanol–water partition coefficient (Wildman–Crippen LogP) is 3.52. The number of phenols is 1. The van der Waals surface area contributed by atoms with Gasteiger partial charge >= 0.3 is 5.63 Å². The first-order valence-corrected chi connectivity index (χ1v) is 12.5. The summed E-state index contributed by atoms with van der Waals surface area (Å²) in [6, 6.07) is 18.8. The molecule has 0 aliphatic heterocycles. The van der Waals surface area contributed by atoms with Crippen LogP contribution in [0.25, 0.3) is 21.9 Å². The van der Waals surface area contributed by atoms with Crippen molar-refractivity contribution < 1.29 is 19.1 Å². The molecule has 5 rings (SSSR count).